The standard InChI is InChI=1S/C14H21N3O/c1-13(2,14(3,4)18)17-9-10-8-16-12-11(10)6-5-7-15-12/h5-8,17-18H,9H2,1-4H3,(H,15,16). The summed E-state index contributed by atoms with van der Waals surface area (Å²) in [6.07, 6.45) is 3.74. The molecule has 0 spiro atoms. The number of nitrogens with zero attached hydrogens (tertiary/aromatic N) is 1. The molecule has 0 aliphatic rings. The number of hydrogen-bond donors (Lipinski definition) is 3. The van der Waals surface area contributed by atoms with Gasteiger partial charge in [0.25, 0.3) is 0 Å². The number of aromatic amines is 1. The fraction of sp³-hybridized carbons (Fsp3) is 0.500. The summed E-state index contributed by atoms with van der Waals surface area (Å²) in [6, 6.07) is 3.98. The van der Waals surface area contributed by atoms with Gasteiger partial charge in [0.15, 0.2) is 0 Å². The number of H-pyrrole nitrogens is 1. The Bertz CT molecular complexity index is 537. The number of fused-ring (bicyclic) bond motifs is 1. The van der Waals surface area contributed by atoms with Gasteiger partial charge in [-0.2, -0.15) is 0 Å². The van der Waals surface area contributed by atoms with Gasteiger partial charge in [-0.15, -0.1) is 0 Å². The number of nitrogens with one attached hydrogen (secondary N) is 2. The van der Waals surface area contributed by atoms with Gasteiger partial charge in [-0.25, -0.2) is 4.98 Å². The summed E-state index contributed by atoms with van der Waals surface area (Å²) >= 11 is 0. The van der Waals surface area contributed by atoms with Crippen LogP contribution in [0, 0.1) is 0 Å². The molecule has 0 saturated carbocycles. The molecule has 0 unspecified atom stereocenters. The van der Waals surface area contributed by atoms with Crippen molar-refractivity contribution in [3.8, 4) is 0 Å². The number of aromatic nitrogens is 2. The van der Waals surface area contributed by atoms with Crippen LogP contribution in [-0.2, 0) is 6.54 Å². The highest BCUT2D eigenvalue weighted by Crippen LogP contribution is 2.22. The Morgan fingerprint density at radius 2 is 2.06 bits per heavy atom. The van der Waals surface area contributed by atoms with E-state index in [2.05, 4.69) is 15.3 Å². The van der Waals surface area contributed by atoms with Gasteiger partial charge < -0.3 is 15.4 Å². The first kappa shape index (κ1) is 13.1. The van der Waals surface area contributed by atoms with Crippen LogP contribution in [-0.4, -0.2) is 26.2 Å². The fourth-order valence-electron chi connectivity index (χ4n) is 1.69. The lowest BCUT2D eigenvalue weighted by molar-refractivity contribution is -0.00527. The Kier molecular flexibility index (Phi) is 3.17. The minimum atomic E-state index is -0.780. The van der Waals surface area contributed by atoms with E-state index >= 15 is 0 Å². The van der Waals surface area contributed by atoms with Crippen LogP contribution in [0.15, 0.2) is 24.5 Å². The van der Waals surface area contributed by atoms with E-state index in [-0.39, 0.29) is 5.54 Å². The van der Waals surface area contributed by atoms with Gasteiger partial charge in [0.05, 0.1) is 5.60 Å². The van der Waals surface area contributed by atoms with Crippen molar-refractivity contribution in [2.75, 3.05) is 0 Å². The van der Waals surface area contributed by atoms with Crippen LogP contribution in [0.5, 0.6) is 0 Å². The molecule has 2 rings (SSSR count). The smallest absolute Gasteiger partial charge is 0.137 e. The topological polar surface area (TPSA) is 60.9 Å². The van der Waals surface area contributed by atoms with Gasteiger partial charge >= 0.3 is 0 Å². The molecule has 0 aliphatic heterocycles. The Labute approximate surface area is 107 Å². The van der Waals surface area contributed by atoms with Gasteiger partial charge in [0.1, 0.15) is 5.65 Å². The van der Waals surface area contributed by atoms with Crippen LogP contribution in [0.25, 0.3) is 11.0 Å². The molecular formula is C14H21N3O. The maximum Gasteiger partial charge on any atom is 0.137 e. The zero-order valence-electron chi connectivity index (χ0n) is 11.4. The molecule has 0 bridgehead atoms. The first-order chi connectivity index (χ1) is 8.31. The Hall–Kier alpha value is -1.39. The summed E-state index contributed by atoms with van der Waals surface area (Å²) in [5, 5.41) is 14.6. The predicted molar refractivity (Wildman–Crippen MR) is 73.3 cm³/mol. The van der Waals surface area contributed by atoms with Crippen molar-refractivity contribution in [3.05, 3.63) is 30.1 Å². The third kappa shape index (κ3) is 2.40. The third-order valence-electron chi connectivity index (χ3n) is 3.79. The molecule has 0 amide bonds. The van der Waals surface area contributed by atoms with Crippen LogP contribution in [0.1, 0.15) is 33.3 Å². The van der Waals surface area contributed by atoms with Crippen molar-refractivity contribution < 1.29 is 5.11 Å². The molecule has 0 saturated heterocycles. The number of pyridine rings is 1. The van der Waals surface area contributed by atoms with Gasteiger partial charge in [-0.05, 0) is 45.4 Å². The first-order valence-electron chi connectivity index (χ1n) is 6.20. The minimum absolute atomic E-state index is 0.362. The van der Waals surface area contributed by atoms with E-state index in [1.54, 1.807) is 6.20 Å². The highest BCUT2D eigenvalue weighted by molar-refractivity contribution is 5.79. The van der Waals surface area contributed by atoms with Crippen LogP contribution in [0.3, 0.4) is 0 Å². The maximum absolute atomic E-state index is 10.1. The summed E-state index contributed by atoms with van der Waals surface area (Å²) in [5.74, 6) is 0. The third-order valence-corrected chi connectivity index (χ3v) is 3.79. The SMILES string of the molecule is CC(C)(O)C(C)(C)NCc1c[nH]c2ncccc12. The average molecular weight is 247 g/mol. The minimum Gasteiger partial charge on any atom is -0.389 e. The first-order valence-corrected chi connectivity index (χ1v) is 6.20. The largest absolute Gasteiger partial charge is 0.389 e. The van der Waals surface area contributed by atoms with Gasteiger partial charge in [-0.3, -0.25) is 0 Å². The highest BCUT2D eigenvalue weighted by Gasteiger charge is 2.34. The number of hydrogen-bond acceptors (Lipinski definition) is 3. The summed E-state index contributed by atoms with van der Waals surface area (Å²) in [5.41, 5.74) is 0.918. The predicted octanol–water partition coefficient (Wildman–Crippen LogP) is 2.20. The van der Waals surface area contributed by atoms with Crippen LogP contribution >= 0.6 is 0 Å². The molecule has 2 aromatic rings. The molecule has 0 aromatic carbocycles. The summed E-state index contributed by atoms with van der Waals surface area (Å²) in [6.45, 7) is 8.33. The van der Waals surface area contributed by atoms with Crippen molar-refractivity contribution in [2.45, 2.75) is 45.4 Å². The van der Waals surface area contributed by atoms with Crippen LogP contribution < -0.4 is 5.32 Å². The lowest BCUT2D eigenvalue weighted by atomic mass is 9.86. The van der Waals surface area contributed by atoms with Crippen LogP contribution in [0.4, 0.5) is 0 Å². The molecule has 0 aliphatic carbocycles. The van der Waals surface area contributed by atoms with E-state index in [4.69, 9.17) is 0 Å². The highest BCUT2D eigenvalue weighted by atomic mass is 16.3. The molecule has 4 nitrogen and oxygen atoms in total. The normalized spacial score (nSPS) is 13.2. The molecule has 3 N–H and O–H groups in total. The van der Waals surface area contributed by atoms with Gasteiger partial charge in [0.2, 0.25) is 0 Å². The zero-order chi connectivity index (χ0) is 13.4. The average Bonchev–Trinajstić information content (AvgIpc) is 2.68. The summed E-state index contributed by atoms with van der Waals surface area (Å²) < 4.78 is 0. The van der Waals surface area contributed by atoms with E-state index in [1.807, 2.05) is 46.0 Å². The summed E-state index contributed by atoms with van der Waals surface area (Å²) in [7, 11) is 0. The Morgan fingerprint density at radius 3 is 2.72 bits per heavy atom. The molecule has 0 atom stereocenters. The molecule has 2 heterocycles. The lowest BCUT2D eigenvalue weighted by Gasteiger charge is -2.38. The fourth-order valence-corrected chi connectivity index (χ4v) is 1.69. The molecule has 18 heavy (non-hydrogen) atoms. The zero-order valence-corrected chi connectivity index (χ0v) is 11.4. The van der Waals surface area contributed by atoms with Crippen molar-refractivity contribution >= 4 is 11.0 Å². The van der Waals surface area contributed by atoms with Gasteiger partial charge in [0, 0.05) is 29.9 Å². The van der Waals surface area contributed by atoms with Crippen molar-refractivity contribution in [1.82, 2.24) is 15.3 Å². The van der Waals surface area contributed by atoms with E-state index < -0.39 is 5.60 Å². The molecule has 4 heteroatoms. The van der Waals surface area contributed by atoms with Crippen molar-refractivity contribution in [3.63, 3.8) is 0 Å². The monoisotopic (exact) mass is 247 g/mol. The lowest BCUT2D eigenvalue weighted by Crippen LogP contribution is -2.55. The van der Waals surface area contributed by atoms with E-state index in [9.17, 15) is 5.11 Å². The van der Waals surface area contributed by atoms with E-state index in [0.717, 1.165) is 16.6 Å². The Balaban J connectivity index is 2.16. The van der Waals surface area contributed by atoms with E-state index in [1.165, 1.54) is 0 Å². The van der Waals surface area contributed by atoms with Crippen molar-refractivity contribution in [1.29, 1.82) is 0 Å². The molecule has 98 valence electrons. The number of aliphatic hydroxyl groups is 1. The van der Waals surface area contributed by atoms with Gasteiger partial charge in [-0.1, -0.05) is 0 Å². The van der Waals surface area contributed by atoms with E-state index in [0.29, 0.717) is 6.54 Å². The molecule has 0 fully saturated rings. The molecule has 0 radical (unpaired) electrons. The van der Waals surface area contributed by atoms with Crippen molar-refractivity contribution in [2.24, 2.45) is 0 Å². The van der Waals surface area contributed by atoms with Crippen LogP contribution in [0.2, 0.25) is 0 Å². The second-order valence-electron chi connectivity index (χ2n) is 5.75. The molecule has 2 aromatic heterocycles. The quantitative estimate of drug-likeness (QED) is 0.776. The number of rotatable bonds is 4. The second kappa shape index (κ2) is 4.37. The second-order valence-corrected chi connectivity index (χ2v) is 5.75. The summed E-state index contributed by atoms with van der Waals surface area (Å²) in [4.78, 5) is 7.41. The maximum atomic E-state index is 10.1. The molecular weight excluding hydrogens is 226 g/mol. The Morgan fingerprint density at radius 1 is 1.33 bits per heavy atom.